The maximum Gasteiger partial charge on any atom is 0.195 e. The van der Waals surface area contributed by atoms with E-state index in [1.165, 1.54) is 0 Å². The SMILES string of the molecule is CC[C@@]1(c2ccccc2)OC[C@@H](CCCCO)O1. The average molecular weight is 250 g/mol. The highest BCUT2D eigenvalue weighted by molar-refractivity contribution is 5.21. The first-order valence-corrected chi connectivity index (χ1v) is 6.79. The zero-order valence-electron chi connectivity index (χ0n) is 11.0. The van der Waals surface area contributed by atoms with E-state index in [0.717, 1.165) is 31.2 Å². The van der Waals surface area contributed by atoms with E-state index in [0.29, 0.717) is 6.61 Å². The second-order valence-electron chi connectivity index (χ2n) is 4.74. The lowest BCUT2D eigenvalue weighted by molar-refractivity contribution is -0.179. The maximum atomic E-state index is 8.79. The summed E-state index contributed by atoms with van der Waals surface area (Å²) in [7, 11) is 0. The number of rotatable bonds is 6. The van der Waals surface area contributed by atoms with Crippen LogP contribution >= 0.6 is 0 Å². The fourth-order valence-electron chi connectivity index (χ4n) is 2.42. The van der Waals surface area contributed by atoms with E-state index >= 15 is 0 Å². The van der Waals surface area contributed by atoms with Crippen molar-refractivity contribution < 1.29 is 14.6 Å². The van der Waals surface area contributed by atoms with Crippen LogP contribution in [0.4, 0.5) is 0 Å². The van der Waals surface area contributed by atoms with Crippen LogP contribution in [0, 0.1) is 0 Å². The lowest BCUT2D eigenvalue weighted by Crippen LogP contribution is -2.27. The molecule has 1 heterocycles. The van der Waals surface area contributed by atoms with Crippen molar-refractivity contribution >= 4 is 0 Å². The number of hydrogen-bond acceptors (Lipinski definition) is 3. The fraction of sp³-hybridized carbons (Fsp3) is 0.600. The molecule has 0 unspecified atom stereocenters. The minimum absolute atomic E-state index is 0.150. The molecule has 3 nitrogen and oxygen atoms in total. The molecule has 2 atom stereocenters. The molecule has 100 valence electrons. The van der Waals surface area contributed by atoms with E-state index in [1.807, 2.05) is 18.2 Å². The van der Waals surface area contributed by atoms with Crippen LogP contribution in [-0.4, -0.2) is 24.4 Å². The molecular weight excluding hydrogens is 228 g/mol. The zero-order chi connectivity index (χ0) is 12.8. The van der Waals surface area contributed by atoms with E-state index in [-0.39, 0.29) is 12.7 Å². The van der Waals surface area contributed by atoms with E-state index in [9.17, 15) is 0 Å². The van der Waals surface area contributed by atoms with Gasteiger partial charge in [-0.3, -0.25) is 0 Å². The number of aliphatic hydroxyl groups is 1. The molecule has 0 aromatic heterocycles. The van der Waals surface area contributed by atoms with Gasteiger partial charge < -0.3 is 14.6 Å². The first-order valence-electron chi connectivity index (χ1n) is 6.79. The van der Waals surface area contributed by atoms with Crippen molar-refractivity contribution in [2.24, 2.45) is 0 Å². The molecule has 0 bridgehead atoms. The summed E-state index contributed by atoms with van der Waals surface area (Å²) in [6, 6.07) is 10.1. The Morgan fingerprint density at radius 3 is 2.72 bits per heavy atom. The number of ether oxygens (including phenoxy) is 2. The second kappa shape index (κ2) is 6.32. The largest absolute Gasteiger partial charge is 0.396 e. The summed E-state index contributed by atoms with van der Waals surface area (Å²) in [4.78, 5) is 0. The summed E-state index contributed by atoms with van der Waals surface area (Å²) in [5.41, 5.74) is 1.09. The molecule has 18 heavy (non-hydrogen) atoms. The third-order valence-corrected chi connectivity index (χ3v) is 3.47. The molecule has 1 aliphatic rings. The first kappa shape index (κ1) is 13.5. The van der Waals surface area contributed by atoms with Crippen LogP contribution in [0.25, 0.3) is 0 Å². The molecule has 1 fully saturated rings. The molecule has 0 saturated carbocycles. The monoisotopic (exact) mass is 250 g/mol. The van der Waals surface area contributed by atoms with Crippen molar-refractivity contribution in [3.63, 3.8) is 0 Å². The van der Waals surface area contributed by atoms with Gasteiger partial charge in [0.05, 0.1) is 12.7 Å². The van der Waals surface area contributed by atoms with Crippen LogP contribution in [0.5, 0.6) is 0 Å². The summed E-state index contributed by atoms with van der Waals surface area (Å²) in [6.45, 7) is 2.99. The van der Waals surface area contributed by atoms with Crippen LogP contribution in [0.3, 0.4) is 0 Å². The highest BCUT2D eigenvalue weighted by Gasteiger charge is 2.41. The molecule has 1 aliphatic heterocycles. The Morgan fingerprint density at radius 1 is 1.28 bits per heavy atom. The summed E-state index contributed by atoms with van der Waals surface area (Å²) >= 11 is 0. The minimum Gasteiger partial charge on any atom is -0.396 e. The van der Waals surface area contributed by atoms with Gasteiger partial charge in [-0.15, -0.1) is 0 Å². The van der Waals surface area contributed by atoms with Crippen LogP contribution < -0.4 is 0 Å². The van der Waals surface area contributed by atoms with Gasteiger partial charge in [-0.1, -0.05) is 37.3 Å². The normalized spacial score (nSPS) is 27.6. The molecule has 2 rings (SSSR count). The molecule has 0 radical (unpaired) electrons. The molecule has 0 spiro atoms. The van der Waals surface area contributed by atoms with Crippen molar-refractivity contribution in [3.05, 3.63) is 35.9 Å². The van der Waals surface area contributed by atoms with Crippen molar-refractivity contribution in [1.82, 2.24) is 0 Å². The lowest BCUT2D eigenvalue weighted by atomic mass is 10.0. The Balaban J connectivity index is 1.99. The topological polar surface area (TPSA) is 38.7 Å². The van der Waals surface area contributed by atoms with Crippen molar-refractivity contribution in [1.29, 1.82) is 0 Å². The van der Waals surface area contributed by atoms with E-state index < -0.39 is 5.79 Å². The second-order valence-corrected chi connectivity index (χ2v) is 4.74. The Bertz CT molecular complexity index is 352. The smallest absolute Gasteiger partial charge is 0.195 e. The van der Waals surface area contributed by atoms with Gasteiger partial charge in [0.2, 0.25) is 0 Å². The van der Waals surface area contributed by atoms with E-state index in [4.69, 9.17) is 14.6 Å². The standard InChI is InChI=1S/C15H22O3/c1-2-15(13-8-4-3-5-9-13)17-12-14(18-15)10-6-7-11-16/h3-5,8-9,14,16H,2,6-7,10-12H2,1H3/t14-,15-/m1/s1. The van der Waals surface area contributed by atoms with Crippen LogP contribution in [0.1, 0.15) is 38.2 Å². The Labute approximate surface area is 109 Å². The molecular formula is C15H22O3. The predicted molar refractivity (Wildman–Crippen MR) is 70.2 cm³/mol. The Kier molecular flexibility index (Phi) is 4.75. The summed E-state index contributed by atoms with van der Waals surface area (Å²) in [5, 5.41) is 8.79. The lowest BCUT2D eigenvalue weighted by Gasteiger charge is -2.27. The van der Waals surface area contributed by atoms with Crippen LogP contribution in [0.2, 0.25) is 0 Å². The number of hydrogen-bond donors (Lipinski definition) is 1. The highest BCUT2D eigenvalue weighted by Crippen LogP contribution is 2.38. The van der Waals surface area contributed by atoms with E-state index in [1.54, 1.807) is 0 Å². The van der Waals surface area contributed by atoms with E-state index in [2.05, 4.69) is 19.1 Å². The van der Waals surface area contributed by atoms with Gasteiger partial charge in [0.15, 0.2) is 5.79 Å². The van der Waals surface area contributed by atoms with Gasteiger partial charge in [0, 0.05) is 18.6 Å². The molecule has 3 heteroatoms. The van der Waals surface area contributed by atoms with Crippen molar-refractivity contribution in [2.45, 2.75) is 44.5 Å². The molecule has 1 saturated heterocycles. The third-order valence-electron chi connectivity index (χ3n) is 3.47. The van der Waals surface area contributed by atoms with Crippen LogP contribution in [-0.2, 0) is 15.3 Å². The Morgan fingerprint density at radius 2 is 2.06 bits per heavy atom. The van der Waals surface area contributed by atoms with Gasteiger partial charge in [0.1, 0.15) is 0 Å². The Hall–Kier alpha value is -0.900. The van der Waals surface area contributed by atoms with Crippen molar-refractivity contribution in [3.8, 4) is 0 Å². The quantitative estimate of drug-likeness (QED) is 0.789. The summed E-state index contributed by atoms with van der Waals surface area (Å²) in [5.74, 6) is -0.564. The molecule has 1 N–H and O–H groups in total. The first-order chi connectivity index (χ1) is 8.80. The van der Waals surface area contributed by atoms with Gasteiger partial charge in [-0.25, -0.2) is 0 Å². The van der Waals surface area contributed by atoms with Gasteiger partial charge in [0.25, 0.3) is 0 Å². The summed E-state index contributed by atoms with van der Waals surface area (Å²) < 4.78 is 12.1. The molecule has 1 aromatic rings. The molecule has 0 amide bonds. The zero-order valence-corrected chi connectivity index (χ0v) is 11.0. The average Bonchev–Trinajstić information content (AvgIpc) is 2.85. The van der Waals surface area contributed by atoms with Gasteiger partial charge in [-0.05, 0) is 19.3 Å². The number of aliphatic hydroxyl groups excluding tert-OH is 1. The molecule has 0 aliphatic carbocycles. The fourth-order valence-corrected chi connectivity index (χ4v) is 2.42. The minimum atomic E-state index is -0.564. The predicted octanol–water partition coefficient (Wildman–Crippen LogP) is 2.83. The number of benzene rings is 1. The maximum absolute atomic E-state index is 8.79. The third kappa shape index (κ3) is 2.91. The number of unbranched alkanes of at least 4 members (excludes halogenated alkanes) is 1. The molecule has 1 aromatic carbocycles. The van der Waals surface area contributed by atoms with Gasteiger partial charge in [-0.2, -0.15) is 0 Å². The van der Waals surface area contributed by atoms with Crippen LogP contribution in [0.15, 0.2) is 30.3 Å². The van der Waals surface area contributed by atoms with Crippen molar-refractivity contribution in [2.75, 3.05) is 13.2 Å². The highest BCUT2D eigenvalue weighted by atomic mass is 16.7. The van der Waals surface area contributed by atoms with Gasteiger partial charge >= 0.3 is 0 Å². The summed E-state index contributed by atoms with van der Waals surface area (Å²) in [6.07, 6.45) is 3.74.